The molecule has 0 radical (unpaired) electrons. The summed E-state index contributed by atoms with van der Waals surface area (Å²) < 4.78 is 0. The van der Waals surface area contributed by atoms with Crippen molar-refractivity contribution in [1.29, 1.82) is 0 Å². The van der Waals surface area contributed by atoms with E-state index in [9.17, 15) is 9.59 Å². The SMILES string of the molecule is CCCNC(=O)c1ccccc1NC(=O)[C@@H](C)N. The van der Waals surface area contributed by atoms with Crippen LogP contribution in [0.3, 0.4) is 0 Å². The lowest BCUT2D eigenvalue weighted by atomic mass is 10.1. The summed E-state index contributed by atoms with van der Waals surface area (Å²) >= 11 is 0. The van der Waals surface area contributed by atoms with Gasteiger partial charge in [0, 0.05) is 6.54 Å². The molecule has 5 heteroatoms. The number of hydrogen-bond donors (Lipinski definition) is 3. The predicted octanol–water partition coefficient (Wildman–Crippen LogP) is 1.11. The number of para-hydroxylation sites is 1. The van der Waals surface area contributed by atoms with Crippen LogP contribution in [-0.2, 0) is 4.79 Å². The van der Waals surface area contributed by atoms with E-state index in [1.165, 1.54) is 0 Å². The summed E-state index contributed by atoms with van der Waals surface area (Å²) in [5.74, 6) is -0.511. The lowest BCUT2D eigenvalue weighted by molar-refractivity contribution is -0.117. The molecule has 98 valence electrons. The maximum Gasteiger partial charge on any atom is 0.253 e. The van der Waals surface area contributed by atoms with Crippen molar-refractivity contribution >= 4 is 17.5 Å². The number of nitrogens with two attached hydrogens (primary N) is 1. The molecule has 0 aliphatic carbocycles. The van der Waals surface area contributed by atoms with Crippen LogP contribution in [0.1, 0.15) is 30.6 Å². The molecular formula is C13H19N3O2. The molecule has 0 heterocycles. The second kappa shape index (κ2) is 6.76. The van der Waals surface area contributed by atoms with E-state index in [1.807, 2.05) is 6.92 Å². The zero-order valence-electron chi connectivity index (χ0n) is 10.7. The van der Waals surface area contributed by atoms with Crippen molar-refractivity contribution in [2.75, 3.05) is 11.9 Å². The molecule has 0 saturated carbocycles. The molecule has 1 rings (SSSR count). The molecule has 0 aliphatic heterocycles. The average Bonchev–Trinajstić information content (AvgIpc) is 2.36. The van der Waals surface area contributed by atoms with Gasteiger partial charge in [-0.25, -0.2) is 0 Å². The van der Waals surface area contributed by atoms with Gasteiger partial charge < -0.3 is 16.4 Å². The first-order valence-electron chi connectivity index (χ1n) is 6.00. The van der Waals surface area contributed by atoms with Crippen LogP contribution < -0.4 is 16.4 Å². The fourth-order valence-electron chi connectivity index (χ4n) is 1.37. The van der Waals surface area contributed by atoms with Crippen LogP contribution in [0, 0.1) is 0 Å². The van der Waals surface area contributed by atoms with Crippen LogP contribution in [0.2, 0.25) is 0 Å². The van der Waals surface area contributed by atoms with Gasteiger partial charge in [-0.05, 0) is 25.5 Å². The van der Waals surface area contributed by atoms with Crippen molar-refractivity contribution in [3.8, 4) is 0 Å². The Hall–Kier alpha value is -1.88. The topological polar surface area (TPSA) is 84.2 Å². The summed E-state index contributed by atoms with van der Waals surface area (Å²) in [4.78, 5) is 23.4. The van der Waals surface area contributed by atoms with Crippen molar-refractivity contribution in [2.24, 2.45) is 5.73 Å². The number of amides is 2. The highest BCUT2D eigenvalue weighted by molar-refractivity contribution is 6.04. The van der Waals surface area contributed by atoms with Crippen molar-refractivity contribution in [1.82, 2.24) is 5.32 Å². The number of rotatable bonds is 5. The van der Waals surface area contributed by atoms with Gasteiger partial charge in [0.15, 0.2) is 0 Å². The van der Waals surface area contributed by atoms with Gasteiger partial charge in [-0.15, -0.1) is 0 Å². The van der Waals surface area contributed by atoms with Crippen molar-refractivity contribution < 1.29 is 9.59 Å². The summed E-state index contributed by atoms with van der Waals surface area (Å²) in [6.45, 7) is 4.17. The Balaban J connectivity index is 2.85. The molecule has 0 fully saturated rings. The second-order valence-electron chi connectivity index (χ2n) is 4.08. The minimum Gasteiger partial charge on any atom is -0.352 e. The summed E-state index contributed by atoms with van der Waals surface area (Å²) in [5.41, 5.74) is 6.40. The van der Waals surface area contributed by atoms with Gasteiger partial charge in [0.1, 0.15) is 0 Å². The number of carbonyl (C=O) groups excluding carboxylic acids is 2. The summed E-state index contributed by atoms with van der Waals surface area (Å²) in [6, 6.07) is 6.25. The number of anilines is 1. The normalized spacial score (nSPS) is 11.7. The van der Waals surface area contributed by atoms with E-state index in [0.29, 0.717) is 17.8 Å². The molecule has 1 aromatic carbocycles. The van der Waals surface area contributed by atoms with Crippen LogP contribution in [0.4, 0.5) is 5.69 Å². The van der Waals surface area contributed by atoms with E-state index in [2.05, 4.69) is 10.6 Å². The highest BCUT2D eigenvalue weighted by Crippen LogP contribution is 2.15. The molecule has 0 unspecified atom stereocenters. The number of nitrogens with one attached hydrogen (secondary N) is 2. The minimum absolute atomic E-state index is 0.197. The van der Waals surface area contributed by atoms with E-state index < -0.39 is 6.04 Å². The van der Waals surface area contributed by atoms with Gasteiger partial charge in [-0.2, -0.15) is 0 Å². The first-order chi connectivity index (χ1) is 8.56. The van der Waals surface area contributed by atoms with E-state index >= 15 is 0 Å². The fourth-order valence-corrected chi connectivity index (χ4v) is 1.37. The van der Waals surface area contributed by atoms with E-state index in [0.717, 1.165) is 6.42 Å². The third-order valence-electron chi connectivity index (χ3n) is 2.38. The highest BCUT2D eigenvalue weighted by atomic mass is 16.2. The molecule has 1 aromatic rings. The molecule has 0 saturated heterocycles. The van der Waals surface area contributed by atoms with Crippen LogP contribution in [-0.4, -0.2) is 24.4 Å². The van der Waals surface area contributed by atoms with Gasteiger partial charge in [-0.1, -0.05) is 19.1 Å². The average molecular weight is 249 g/mol. The second-order valence-corrected chi connectivity index (χ2v) is 4.08. The predicted molar refractivity (Wildman–Crippen MR) is 71.3 cm³/mol. The van der Waals surface area contributed by atoms with Gasteiger partial charge in [0.2, 0.25) is 5.91 Å². The van der Waals surface area contributed by atoms with Gasteiger partial charge in [0.25, 0.3) is 5.91 Å². The van der Waals surface area contributed by atoms with Crippen LogP contribution >= 0.6 is 0 Å². The molecule has 0 aromatic heterocycles. The molecule has 4 N–H and O–H groups in total. The summed E-state index contributed by atoms with van der Waals surface area (Å²) in [5, 5.41) is 5.41. The zero-order chi connectivity index (χ0) is 13.5. The van der Waals surface area contributed by atoms with Crippen LogP contribution in [0.5, 0.6) is 0 Å². The third kappa shape index (κ3) is 3.85. The Bertz CT molecular complexity index is 430. The molecule has 0 bridgehead atoms. The summed E-state index contributed by atoms with van der Waals surface area (Å²) in [7, 11) is 0. The number of hydrogen-bond acceptors (Lipinski definition) is 3. The molecule has 0 aliphatic rings. The Morgan fingerprint density at radius 2 is 2.00 bits per heavy atom. The zero-order valence-corrected chi connectivity index (χ0v) is 10.7. The van der Waals surface area contributed by atoms with Crippen molar-refractivity contribution in [2.45, 2.75) is 26.3 Å². The van der Waals surface area contributed by atoms with Crippen molar-refractivity contribution in [3.05, 3.63) is 29.8 Å². The smallest absolute Gasteiger partial charge is 0.253 e. The Kier molecular flexibility index (Phi) is 5.32. The highest BCUT2D eigenvalue weighted by Gasteiger charge is 2.14. The van der Waals surface area contributed by atoms with Gasteiger partial charge in [0.05, 0.1) is 17.3 Å². The molecule has 2 amide bonds. The lowest BCUT2D eigenvalue weighted by Crippen LogP contribution is -2.33. The molecule has 18 heavy (non-hydrogen) atoms. The van der Waals surface area contributed by atoms with Crippen molar-refractivity contribution in [3.63, 3.8) is 0 Å². The minimum atomic E-state index is -0.614. The van der Waals surface area contributed by atoms with E-state index in [4.69, 9.17) is 5.73 Å². The van der Waals surface area contributed by atoms with Gasteiger partial charge >= 0.3 is 0 Å². The Morgan fingerprint density at radius 3 is 2.61 bits per heavy atom. The van der Waals surface area contributed by atoms with Crippen LogP contribution in [0.25, 0.3) is 0 Å². The van der Waals surface area contributed by atoms with Gasteiger partial charge in [-0.3, -0.25) is 9.59 Å². The third-order valence-corrected chi connectivity index (χ3v) is 2.38. The quantitative estimate of drug-likeness (QED) is 0.731. The maximum atomic E-state index is 11.9. The molecule has 1 atom stereocenters. The van der Waals surface area contributed by atoms with E-state index in [-0.39, 0.29) is 11.8 Å². The Labute approximate surface area is 107 Å². The fraction of sp³-hybridized carbons (Fsp3) is 0.385. The Morgan fingerprint density at radius 1 is 1.33 bits per heavy atom. The molecule has 5 nitrogen and oxygen atoms in total. The molecular weight excluding hydrogens is 230 g/mol. The first-order valence-corrected chi connectivity index (χ1v) is 6.00. The number of benzene rings is 1. The van der Waals surface area contributed by atoms with Crippen LogP contribution in [0.15, 0.2) is 24.3 Å². The monoisotopic (exact) mass is 249 g/mol. The molecule has 0 spiro atoms. The standard InChI is InChI=1S/C13H19N3O2/c1-3-8-15-13(18)10-6-4-5-7-11(10)16-12(17)9(2)14/h4-7,9H,3,8,14H2,1-2H3,(H,15,18)(H,16,17)/t9-/m1/s1. The van der Waals surface area contributed by atoms with E-state index in [1.54, 1.807) is 31.2 Å². The number of carbonyl (C=O) groups is 2. The largest absolute Gasteiger partial charge is 0.352 e. The lowest BCUT2D eigenvalue weighted by Gasteiger charge is -2.12. The summed E-state index contributed by atoms with van der Waals surface area (Å²) in [6.07, 6.45) is 0.861. The maximum absolute atomic E-state index is 11.9. The first kappa shape index (κ1) is 14.2.